The number of methoxy groups -OCH3 is 2. The van der Waals surface area contributed by atoms with E-state index in [2.05, 4.69) is 33.7 Å². The molecule has 0 saturated carbocycles. The van der Waals surface area contributed by atoms with E-state index in [4.69, 9.17) is 9.47 Å². The molecule has 0 amide bonds. The van der Waals surface area contributed by atoms with Gasteiger partial charge in [-0.05, 0) is 49.9 Å². The molecule has 2 aromatic heterocycles. The molecule has 28 heavy (non-hydrogen) atoms. The largest absolute Gasteiger partial charge is 0.493 e. The van der Waals surface area contributed by atoms with Crippen LogP contribution in [0.2, 0.25) is 0 Å². The summed E-state index contributed by atoms with van der Waals surface area (Å²) in [7, 11) is 3.28. The van der Waals surface area contributed by atoms with Crippen LogP contribution in [0.4, 0.5) is 5.82 Å². The molecule has 0 aliphatic heterocycles. The van der Waals surface area contributed by atoms with Gasteiger partial charge in [0, 0.05) is 25.4 Å². The Morgan fingerprint density at radius 2 is 1.89 bits per heavy atom. The predicted molar refractivity (Wildman–Crippen MR) is 110 cm³/mol. The van der Waals surface area contributed by atoms with Crippen LogP contribution in [0, 0.1) is 13.8 Å². The van der Waals surface area contributed by atoms with Crippen LogP contribution in [-0.2, 0) is 13.0 Å². The molecule has 2 N–H and O–H groups in total. The van der Waals surface area contributed by atoms with Gasteiger partial charge in [-0.15, -0.1) is 0 Å². The summed E-state index contributed by atoms with van der Waals surface area (Å²) in [5.41, 5.74) is 4.39. The summed E-state index contributed by atoms with van der Waals surface area (Å²) in [5, 5.41) is 13.7. The zero-order chi connectivity index (χ0) is 20.1. The van der Waals surface area contributed by atoms with Crippen molar-refractivity contribution in [2.45, 2.75) is 33.2 Å². The molecule has 0 fully saturated rings. The predicted octanol–water partition coefficient (Wildman–Crippen LogP) is 3.10. The fourth-order valence-corrected chi connectivity index (χ4v) is 3.47. The van der Waals surface area contributed by atoms with Crippen LogP contribution >= 0.6 is 0 Å². The van der Waals surface area contributed by atoms with E-state index < -0.39 is 0 Å². The van der Waals surface area contributed by atoms with E-state index in [0.29, 0.717) is 6.42 Å². The standard InChI is InChI=1S/C21H28N4O3/c1-14-15(2)25(10-5-11-26)21-19(14)20(23-13-24-21)22-9-8-16-6-7-17(27-3)18(12-16)28-4/h6-7,12-13,26H,5,8-11H2,1-4H3,(H,22,23,24). The second-order valence-corrected chi connectivity index (χ2v) is 6.73. The van der Waals surface area contributed by atoms with Crippen LogP contribution in [0.1, 0.15) is 23.2 Å². The average Bonchev–Trinajstić information content (AvgIpc) is 2.97. The molecule has 0 aliphatic carbocycles. The molecule has 150 valence electrons. The van der Waals surface area contributed by atoms with Gasteiger partial charge in [-0.1, -0.05) is 6.07 Å². The van der Waals surface area contributed by atoms with Gasteiger partial charge < -0.3 is 24.5 Å². The number of ether oxygens (including phenoxy) is 2. The van der Waals surface area contributed by atoms with Gasteiger partial charge in [0.2, 0.25) is 0 Å². The van der Waals surface area contributed by atoms with Crippen molar-refractivity contribution >= 4 is 16.9 Å². The molecule has 7 heteroatoms. The SMILES string of the molecule is COc1ccc(CCNc2ncnc3c2c(C)c(C)n3CCCO)cc1OC. The Labute approximate surface area is 165 Å². The highest BCUT2D eigenvalue weighted by atomic mass is 16.5. The van der Waals surface area contributed by atoms with Crippen molar-refractivity contribution in [2.24, 2.45) is 0 Å². The second kappa shape index (κ2) is 8.93. The van der Waals surface area contributed by atoms with Gasteiger partial charge in [-0.3, -0.25) is 0 Å². The number of aliphatic hydroxyl groups excluding tert-OH is 1. The first kappa shape index (κ1) is 19.9. The van der Waals surface area contributed by atoms with Crippen molar-refractivity contribution in [3.05, 3.63) is 41.3 Å². The van der Waals surface area contributed by atoms with E-state index in [-0.39, 0.29) is 6.61 Å². The summed E-state index contributed by atoms with van der Waals surface area (Å²) in [5.74, 6) is 2.30. The van der Waals surface area contributed by atoms with Crippen LogP contribution in [0.3, 0.4) is 0 Å². The van der Waals surface area contributed by atoms with E-state index in [1.165, 1.54) is 5.56 Å². The van der Waals surface area contributed by atoms with Crippen LogP contribution in [0.25, 0.3) is 11.0 Å². The van der Waals surface area contributed by atoms with E-state index in [1.807, 2.05) is 18.2 Å². The molecule has 1 aromatic carbocycles. The van der Waals surface area contributed by atoms with Crippen LogP contribution in [0.5, 0.6) is 11.5 Å². The third kappa shape index (κ3) is 3.89. The molecule has 0 atom stereocenters. The summed E-state index contributed by atoms with van der Waals surface area (Å²) < 4.78 is 12.8. The zero-order valence-corrected chi connectivity index (χ0v) is 17.0. The summed E-state index contributed by atoms with van der Waals surface area (Å²) >= 11 is 0. The van der Waals surface area contributed by atoms with Gasteiger partial charge in [0.25, 0.3) is 0 Å². The third-order valence-corrected chi connectivity index (χ3v) is 5.10. The van der Waals surface area contributed by atoms with Crippen LogP contribution < -0.4 is 14.8 Å². The first-order valence-corrected chi connectivity index (χ1v) is 9.46. The lowest BCUT2D eigenvalue weighted by atomic mass is 10.1. The average molecular weight is 384 g/mol. The normalized spacial score (nSPS) is 11.0. The van der Waals surface area contributed by atoms with Gasteiger partial charge in [0.1, 0.15) is 17.8 Å². The van der Waals surface area contributed by atoms with Crippen molar-refractivity contribution in [3.8, 4) is 11.5 Å². The van der Waals surface area contributed by atoms with Crippen molar-refractivity contribution in [1.29, 1.82) is 0 Å². The Morgan fingerprint density at radius 3 is 2.61 bits per heavy atom. The number of aryl methyl sites for hydroxylation is 2. The molecule has 2 heterocycles. The Morgan fingerprint density at radius 1 is 1.11 bits per heavy atom. The monoisotopic (exact) mass is 384 g/mol. The minimum atomic E-state index is 0.166. The Bertz CT molecular complexity index is 952. The van der Waals surface area contributed by atoms with Crippen LogP contribution in [0.15, 0.2) is 24.5 Å². The van der Waals surface area contributed by atoms with Crippen molar-refractivity contribution in [1.82, 2.24) is 14.5 Å². The van der Waals surface area contributed by atoms with Gasteiger partial charge in [0.15, 0.2) is 11.5 Å². The maximum Gasteiger partial charge on any atom is 0.160 e. The molecule has 0 aliphatic rings. The lowest BCUT2D eigenvalue weighted by molar-refractivity contribution is 0.280. The summed E-state index contributed by atoms with van der Waals surface area (Å²) in [6, 6.07) is 5.96. The molecule has 3 aromatic rings. The van der Waals surface area contributed by atoms with Gasteiger partial charge >= 0.3 is 0 Å². The smallest absolute Gasteiger partial charge is 0.160 e. The summed E-state index contributed by atoms with van der Waals surface area (Å²) in [4.78, 5) is 8.95. The van der Waals surface area contributed by atoms with Crippen molar-refractivity contribution in [3.63, 3.8) is 0 Å². The number of nitrogens with zero attached hydrogens (tertiary/aromatic N) is 3. The third-order valence-electron chi connectivity index (χ3n) is 5.10. The quantitative estimate of drug-likeness (QED) is 0.590. The Kier molecular flexibility index (Phi) is 6.36. The highest BCUT2D eigenvalue weighted by molar-refractivity contribution is 5.91. The summed E-state index contributed by atoms with van der Waals surface area (Å²) in [6.07, 6.45) is 3.13. The molecule has 7 nitrogen and oxygen atoms in total. The van der Waals surface area contributed by atoms with E-state index in [0.717, 1.165) is 59.1 Å². The van der Waals surface area contributed by atoms with E-state index in [9.17, 15) is 5.11 Å². The second-order valence-electron chi connectivity index (χ2n) is 6.73. The highest BCUT2D eigenvalue weighted by Crippen LogP contribution is 2.30. The summed E-state index contributed by atoms with van der Waals surface area (Å²) in [6.45, 7) is 5.83. The molecule has 0 saturated heterocycles. The fraction of sp³-hybridized carbons (Fsp3) is 0.429. The lowest BCUT2D eigenvalue weighted by Crippen LogP contribution is -2.08. The molecular weight excluding hydrogens is 356 g/mol. The van der Waals surface area contributed by atoms with E-state index >= 15 is 0 Å². The number of hydrogen-bond donors (Lipinski definition) is 2. The number of nitrogens with one attached hydrogen (secondary N) is 1. The lowest BCUT2D eigenvalue weighted by Gasteiger charge is -2.11. The number of fused-ring (bicyclic) bond motifs is 1. The molecule has 0 radical (unpaired) electrons. The zero-order valence-electron chi connectivity index (χ0n) is 17.0. The Balaban J connectivity index is 1.78. The molecule has 0 spiro atoms. The van der Waals surface area contributed by atoms with Gasteiger partial charge in [-0.2, -0.15) is 0 Å². The minimum absolute atomic E-state index is 0.166. The van der Waals surface area contributed by atoms with Crippen molar-refractivity contribution in [2.75, 3.05) is 32.7 Å². The maximum atomic E-state index is 9.17. The highest BCUT2D eigenvalue weighted by Gasteiger charge is 2.16. The molecule has 0 bridgehead atoms. The van der Waals surface area contributed by atoms with Gasteiger partial charge in [-0.25, -0.2) is 9.97 Å². The van der Waals surface area contributed by atoms with Crippen molar-refractivity contribution < 1.29 is 14.6 Å². The number of aliphatic hydroxyl groups is 1. The molecule has 3 rings (SSSR count). The molecule has 0 unspecified atom stereocenters. The number of anilines is 1. The van der Waals surface area contributed by atoms with Gasteiger partial charge in [0.05, 0.1) is 19.6 Å². The minimum Gasteiger partial charge on any atom is -0.493 e. The maximum absolute atomic E-state index is 9.17. The van der Waals surface area contributed by atoms with Crippen LogP contribution in [-0.4, -0.2) is 47.0 Å². The number of benzene rings is 1. The fourth-order valence-electron chi connectivity index (χ4n) is 3.47. The first-order valence-electron chi connectivity index (χ1n) is 9.46. The Hall–Kier alpha value is -2.80. The topological polar surface area (TPSA) is 81.4 Å². The molecular formula is C21H28N4O3. The number of aromatic nitrogens is 3. The van der Waals surface area contributed by atoms with E-state index in [1.54, 1.807) is 20.5 Å². The number of hydrogen-bond acceptors (Lipinski definition) is 6. The number of rotatable bonds is 9. The first-order chi connectivity index (χ1) is 13.6.